The zero-order chi connectivity index (χ0) is 15.0. The maximum Gasteiger partial charge on any atom is 0.200 e. The highest BCUT2D eigenvalue weighted by Gasteiger charge is 2.63. The second kappa shape index (κ2) is 5.52. The van der Waals surface area contributed by atoms with Gasteiger partial charge in [-0.25, -0.2) is 0 Å². The molecule has 1 aromatic carbocycles. The van der Waals surface area contributed by atoms with Crippen LogP contribution in [0.15, 0.2) is 24.3 Å². The predicted molar refractivity (Wildman–Crippen MR) is 81.9 cm³/mol. The quantitative estimate of drug-likeness (QED) is 0.836. The molecular weight excluding hydrogens is 280 g/mol. The molecule has 0 bridgehead atoms. The number of ether oxygens (including phenoxy) is 4. The van der Waals surface area contributed by atoms with Crippen LogP contribution < -0.4 is 4.74 Å². The van der Waals surface area contributed by atoms with Gasteiger partial charge in [0, 0.05) is 6.42 Å². The summed E-state index contributed by atoms with van der Waals surface area (Å²) in [5.74, 6) is 0.343. The summed E-state index contributed by atoms with van der Waals surface area (Å²) in [4.78, 5) is 0. The molecule has 120 valence electrons. The van der Waals surface area contributed by atoms with Crippen LogP contribution in [0.25, 0.3) is 0 Å². The Kier molecular flexibility index (Phi) is 3.63. The first-order valence-corrected chi connectivity index (χ1v) is 8.37. The molecule has 1 aliphatic carbocycles. The summed E-state index contributed by atoms with van der Waals surface area (Å²) in [5, 5.41) is 0. The maximum atomic E-state index is 6.60. The average Bonchev–Trinajstić information content (AvgIpc) is 3.16. The van der Waals surface area contributed by atoms with Crippen LogP contribution in [0.4, 0.5) is 0 Å². The highest BCUT2D eigenvalue weighted by Crippen LogP contribution is 2.56. The summed E-state index contributed by atoms with van der Waals surface area (Å²) >= 11 is 0. The summed E-state index contributed by atoms with van der Waals surface area (Å²) in [5.41, 5.74) is 0.925. The fraction of sp³-hybridized carbons (Fsp3) is 0.667. The van der Waals surface area contributed by atoms with Crippen molar-refractivity contribution >= 4 is 0 Å². The smallest absolute Gasteiger partial charge is 0.200 e. The molecule has 0 N–H and O–H groups in total. The zero-order valence-corrected chi connectivity index (χ0v) is 13.2. The van der Waals surface area contributed by atoms with Gasteiger partial charge in [0.15, 0.2) is 0 Å². The van der Waals surface area contributed by atoms with E-state index in [4.69, 9.17) is 18.9 Å². The second-order valence-corrected chi connectivity index (χ2v) is 6.59. The molecule has 4 rings (SSSR count). The standard InChI is InChI=1S/C18H24O4/c1-19-15-7-5-14(6-8-15)16-13-18(20-11-12-21-18)17(22-16)9-3-2-4-10-17/h5-8,16H,2-4,9-13H2,1H3/t16-/m0/s1. The molecule has 22 heavy (non-hydrogen) atoms. The topological polar surface area (TPSA) is 36.9 Å². The van der Waals surface area contributed by atoms with E-state index < -0.39 is 5.79 Å². The minimum Gasteiger partial charge on any atom is -0.497 e. The number of methoxy groups -OCH3 is 1. The number of hydrogen-bond donors (Lipinski definition) is 0. The van der Waals surface area contributed by atoms with E-state index in [9.17, 15) is 0 Å². The van der Waals surface area contributed by atoms with Crippen molar-refractivity contribution in [1.29, 1.82) is 0 Å². The van der Waals surface area contributed by atoms with Gasteiger partial charge in [0.25, 0.3) is 0 Å². The number of hydrogen-bond acceptors (Lipinski definition) is 4. The van der Waals surface area contributed by atoms with E-state index in [1.54, 1.807) is 7.11 Å². The molecule has 1 aromatic rings. The van der Waals surface area contributed by atoms with Crippen molar-refractivity contribution < 1.29 is 18.9 Å². The largest absolute Gasteiger partial charge is 0.497 e. The molecule has 1 atom stereocenters. The molecule has 0 unspecified atom stereocenters. The molecule has 2 heterocycles. The summed E-state index contributed by atoms with van der Waals surface area (Å²) < 4.78 is 24.1. The lowest BCUT2D eigenvalue weighted by molar-refractivity contribution is -0.250. The maximum absolute atomic E-state index is 6.60. The molecule has 2 aliphatic heterocycles. The predicted octanol–water partition coefficient (Wildman–Crippen LogP) is 3.60. The first kappa shape index (κ1) is 14.5. The monoisotopic (exact) mass is 304 g/mol. The molecule has 4 nitrogen and oxygen atoms in total. The van der Waals surface area contributed by atoms with Crippen molar-refractivity contribution in [3.05, 3.63) is 29.8 Å². The second-order valence-electron chi connectivity index (χ2n) is 6.59. The molecule has 2 spiro atoms. The van der Waals surface area contributed by atoms with Crippen LogP contribution in [0.1, 0.15) is 50.2 Å². The average molecular weight is 304 g/mol. The SMILES string of the molecule is COc1ccc([C@@H]2CC3(OCCO3)C3(CCCCC3)O2)cc1. The number of benzene rings is 1. The van der Waals surface area contributed by atoms with Crippen molar-refractivity contribution in [1.82, 2.24) is 0 Å². The van der Waals surface area contributed by atoms with Gasteiger partial charge in [-0.1, -0.05) is 31.4 Å². The Hall–Kier alpha value is -1.10. The van der Waals surface area contributed by atoms with Gasteiger partial charge >= 0.3 is 0 Å². The molecule has 0 radical (unpaired) electrons. The van der Waals surface area contributed by atoms with Gasteiger partial charge in [0.1, 0.15) is 11.4 Å². The fourth-order valence-corrected chi connectivity index (χ4v) is 4.30. The minimum atomic E-state index is -0.530. The van der Waals surface area contributed by atoms with E-state index in [1.165, 1.54) is 24.8 Å². The molecule has 1 saturated carbocycles. The highest BCUT2D eigenvalue weighted by atomic mass is 16.8. The van der Waals surface area contributed by atoms with Crippen LogP contribution in [-0.4, -0.2) is 31.7 Å². The van der Waals surface area contributed by atoms with Gasteiger partial charge in [-0.2, -0.15) is 0 Å². The Bertz CT molecular complexity index is 512. The van der Waals surface area contributed by atoms with Crippen LogP contribution in [-0.2, 0) is 14.2 Å². The Morgan fingerprint density at radius 1 is 1.00 bits per heavy atom. The van der Waals surface area contributed by atoms with Crippen molar-refractivity contribution in [2.24, 2.45) is 0 Å². The van der Waals surface area contributed by atoms with Crippen LogP contribution in [0.5, 0.6) is 5.75 Å². The lowest BCUT2D eigenvalue weighted by Gasteiger charge is -2.42. The first-order chi connectivity index (χ1) is 10.8. The van der Waals surface area contributed by atoms with Crippen molar-refractivity contribution in [2.45, 2.75) is 56.0 Å². The highest BCUT2D eigenvalue weighted by molar-refractivity contribution is 5.30. The first-order valence-electron chi connectivity index (χ1n) is 8.37. The van der Waals surface area contributed by atoms with E-state index in [2.05, 4.69) is 12.1 Å². The van der Waals surface area contributed by atoms with Gasteiger partial charge in [-0.3, -0.25) is 0 Å². The van der Waals surface area contributed by atoms with Crippen LogP contribution in [0, 0.1) is 0 Å². The summed E-state index contributed by atoms with van der Waals surface area (Å²) in [6.07, 6.45) is 6.60. The summed E-state index contributed by atoms with van der Waals surface area (Å²) in [6, 6.07) is 8.17. The number of rotatable bonds is 2. The lowest BCUT2D eigenvalue weighted by atomic mass is 9.78. The molecular formula is C18H24O4. The third-order valence-electron chi connectivity index (χ3n) is 5.42. The third-order valence-corrected chi connectivity index (χ3v) is 5.42. The molecule has 3 fully saturated rings. The van der Waals surface area contributed by atoms with E-state index in [0.29, 0.717) is 13.2 Å². The van der Waals surface area contributed by atoms with E-state index >= 15 is 0 Å². The molecule has 2 saturated heterocycles. The van der Waals surface area contributed by atoms with Gasteiger partial charge < -0.3 is 18.9 Å². The van der Waals surface area contributed by atoms with Gasteiger partial charge in [0.05, 0.1) is 26.4 Å². The minimum absolute atomic E-state index is 0.0436. The van der Waals surface area contributed by atoms with E-state index in [-0.39, 0.29) is 11.7 Å². The van der Waals surface area contributed by atoms with Crippen molar-refractivity contribution in [3.63, 3.8) is 0 Å². The Morgan fingerprint density at radius 2 is 1.68 bits per heavy atom. The van der Waals surface area contributed by atoms with Gasteiger partial charge in [-0.15, -0.1) is 0 Å². The Morgan fingerprint density at radius 3 is 2.32 bits per heavy atom. The fourth-order valence-electron chi connectivity index (χ4n) is 4.30. The zero-order valence-electron chi connectivity index (χ0n) is 13.2. The van der Waals surface area contributed by atoms with Gasteiger partial charge in [0.2, 0.25) is 5.79 Å². The van der Waals surface area contributed by atoms with E-state index in [0.717, 1.165) is 25.0 Å². The van der Waals surface area contributed by atoms with Crippen molar-refractivity contribution in [3.8, 4) is 5.75 Å². The summed E-state index contributed by atoms with van der Waals surface area (Å²) in [6.45, 7) is 1.36. The molecule has 3 aliphatic rings. The Balaban J connectivity index is 1.63. The van der Waals surface area contributed by atoms with E-state index in [1.807, 2.05) is 12.1 Å². The van der Waals surface area contributed by atoms with Crippen LogP contribution in [0.2, 0.25) is 0 Å². The third kappa shape index (κ3) is 2.16. The molecule has 0 amide bonds. The molecule has 0 aromatic heterocycles. The number of fused-ring (bicyclic) bond motifs is 1. The lowest BCUT2D eigenvalue weighted by Crippen LogP contribution is -2.52. The van der Waals surface area contributed by atoms with Crippen LogP contribution in [0.3, 0.4) is 0 Å². The van der Waals surface area contributed by atoms with Crippen LogP contribution >= 0.6 is 0 Å². The normalized spacial score (nSPS) is 29.2. The van der Waals surface area contributed by atoms with Crippen molar-refractivity contribution in [2.75, 3.05) is 20.3 Å². The molecule has 4 heteroatoms. The Labute approximate surface area is 131 Å². The van der Waals surface area contributed by atoms with Gasteiger partial charge in [-0.05, 0) is 30.5 Å². The summed E-state index contributed by atoms with van der Waals surface area (Å²) in [7, 11) is 1.69.